The highest BCUT2D eigenvalue weighted by atomic mass is 32.1. The van der Waals surface area contributed by atoms with Crippen molar-refractivity contribution in [2.75, 3.05) is 5.32 Å². The van der Waals surface area contributed by atoms with Crippen molar-refractivity contribution in [1.82, 2.24) is 19.6 Å². The predicted molar refractivity (Wildman–Crippen MR) is 91.0 cm³/mol. The lowest BCUT2D eigenvalue weighted by atomic mass is 10.2. The first kappa shape index (κ1) is 15.6. The Kier molecular flexibility index (Phi) is 4.66. The second-order valence-corrected chi connectivity index (χ2v) is 6.57. The largest absolute Gasteiger partial charge is 0.306 e. The number of unbranched alkanes of at least 4 members (excludes halogenated alkanes) is 2. The van der Waals surface area contributed by atoms with Gasteiger partial charge in [0.2, 0.25) is 5.13 Å². The van der Waals surface area contributed by atoms with Gasteiger partial charge in [0.05, 0.1) is 0 Å². The predicted octanol–water partition coefficient (Wildman–Crippen LogP) is 3.48. The van der Waals surface area contributed by atoms with Gasteiger partial charge < -0.3 is 4.40 Å². The SMILES string of the molecule is CCCCCc1nnc(NC(=O)c2cn3ccc(C)cc3n2)s1. The molecule has 0 aromatic carbocycles. The summed E-state index contributed by atoms with van der Waals surface area (Å²) in [5, 5.41) is 12.4. The molecule has 0 aliphatic heterocycles. The molecule has 0 radical (unpaired) electrons. The average molecular weight is 329 g/mol. The number of nitrogens with zero attached hydrogens (tertiary/aromatic N) is 4. The van der Waals surface area contributed by atoms with E-state index >= 15 is 0 Å². The van der Waals surface area contributed by atoms with Crippen LogP contribution in [0.2, 0.25) is 0 Å². The number of nitrogens with one attached hydrogen (secondary N) is 1. The molecule has 3 aromatic heterocycles. The molecule has 3 rings (SSSR count). The minimum absolute atomic E-state index is 0.261. The molecule has 0 spiro atoms. The van der Waals surface area contributed by atoms with Gasteiger partial charge in [-0.3, -0.25) is 10.1 Å². The number of aromatic nitrogens is 4. The van der Waals surface area contributed by atoms with Gasteiger partial charge in [-0.2, -0.15) is 0 Å². The molecule has 0 atom stereocenters. The molecule has 0 bridgehead atoms. The van der Waals surface area contributed by atoms with E-state index in [4.69, 9.17) is 0 Å². The van der Waals surface area contributed by atoms with Crippen molar-refractivity contribution in [3.8, 4) is 0 Å². The minimum atomic E-state index is -0.261. The van der Waals surface area contributed by atoms with E-state index in [-0.39, 0.29) is 5.91 Å². The molecule has 120 valence electrons. The standard InChI is InChI=1S/C16H19N5OS/c1-3-4-5-6-14-19-20-16(23-14)18-15(22)12-10-21-8-7-11(2)9-13(21)17-12/h7-10H,3-6H2,1-2H3,(H,18,20,22). The molecule has 0 saturated carbocycles. The Morgan fingerprint density at radius 1 is 1.35 bits per heavy atom. The average Bonchev–Trinajstić information content (AvgIpc) is 3.14. The third-order valence-corrected chi connectivity index (χ3v) is 4.43. The maximum Gasteiger partial charge on any atom is 0.277 e. The zero-order valence-corrected chi connectivity index (χ0v) is 14.1. The number of aryl methyl sites for hydroxylation is 2. The number of pyridine rings is 1. The molecular formula is C16H19N5OS. The molecule has 0 aliphatic carbocycles. The number of hydrogen-bond acceptors (Lipinski definition) is 5. The van der Waals surface area contributed by atoms with Crippen LogP contribution in [0.3, 0.4) is 0 Å². The number of hydrogen-bond donors (Lipinski definition) is 1. The van der Waals surface area contributed by atoms with Gasteiger partial charge in [0, 0.05) is 18.8 Å². The van der Waals surface area contributed by atoms with Gasteiger partial charge in [-0.15, -0.1) is 10.2 Å². The maximum atomic E-state index is 12.3. The lowest BCUT2D eigenvalue weighted by Gasteiger charge is -1.96. The molecule has 1 amide bonds. The van der Waals surface area contributed by atoms with Crippen molar-refractivity contribution in [2.45, 2.75) is 39.5 Å². The van der Waals surface area contributed by atoms with E-state index in [1.165, 1.54) is 24.2 Å². The molecular weight excluding hydrogens is 310 g/mol. The first-order valence-electron chi connectivity index (χ1n) is 7.75. The zero-order valence-electron chi connectivity index (χ0n) is 13.2. The summed E-state index contributed by atoms with van der Waals surface area (Å²) < 4.78 is 1.83. The van der Waals surface area contributed by atoms with Crippen molar-refractivity contribution in [3.63, 3.8) is 0 Å². The van der Waals surface area contributed by atoms with Crippen LogP contribution in [0, 0.1) is 6.92 Å². The fourth-order valence-electron chi connectivity index (χ4n) is 2.29. The van der Waals surface area contributed by atoms with Crippen LogP contribution in [0.25, 0.3) is 5.65 Å². The van der Waals surface area contributed by atoms with Crippen molar-refractivity contribution >= 4 is 28.0 Å². The van der Waals surface area contributed by atoms with Gasteiger partial charge in [-0.05, 0) is 31.0 Å². The third kappa shape index (κ3) is 3.73. The van der Waals surface area contributed by atoms with Crippen LogP contribution in [0.1, 0.15) is 47.2 Å². The quantitative estimate of drug-likeness (QED) is 0.703. The van der Waals surface area contributed by atoms with Crippen LogP contribution in [0.5, 0.6) is 0 Å². The summed E-state index contributed by atoms with van der Waals surface area (Å²) in [5.41, 5.74) is 2.24. The number of anilines is 1. The van der Waals surface area contributed by atoms with Gasteiger partial charge in [0.1, 0.15) is 16.3 Å². The summed E-state index contributed by atoms with van der Waals surface area (Å²) in [6.45, 7) is 4.16. The molecule has 3 aromatic rings. The Balaban J connectivity index is 1.68. The molecule has 3 heterocycles. The van der Waals surface area contributed by atoms with Crippen LogP contribution < -0.4 is 5.32 Å². The monoisotopic (exact) mass is 329 g/mol. The number of amides is 1. The summed E-state index contributed by atoms with van der Waals surface area (Å²) in [5.74, 6) is -0.261. The number of carbonyl (C=O) groups excluding carboxylic acids is 1. The zero-order chi connectivity index (χ0) is 16.2. The lowest BCUT2D eigenvalue weighted by molar-refractivity contribution is 0.102. The number of fused-ring (bicyclic) bond motifs is 1. The second-order valence-electron chi connectivity index (χ2n) is 5.51. The number of rotatable bonds is 6. The fraction of sp³-hybridized carbons (Fsp3) is 0.375. The molecule has 0 fully saturated rings. The van der Waals surface area contributed by atoms with E-state index in [0.29, 0.717) is 10.8 Å². The molecule has 7 heteroatoms. The van der Waals surface area contributed by atoms with Gasteiger partial charge in [-0.1, -0.05) is 31.1 Å². The molecule has 1 N–H and O–H groups in total. The maximum absolute atomic E-state index is 12.3. The molecule has 6 nitrogen and oxygen atoms in total. The highest BCUT2D eigenvalue weighted by Gasteiger charge is 2.13. The van der Waals surface area contributed by atoms with E-state index in [2.05, 4.69) is 27.4 Å². The Labute approximate surface area is 138 Å². The Morgan fingerprint density at radius 3 is 3.04 bits per heavy atom. The normalized spacial score (nSPS) is 11.0. The third-order valence-electron chi connectivity index (χ3n) is 3.53. The fourth-order valence-corrected chi connectivity index (χ4v) is 3.06. The lowest BCUT2D eigenvalue weighted by Crippen LogP contribution is -2.12. The highest BCUT2D eigenvalue weighted by molar-refractivity contribution is 7.15. The Bertz CT molecular complexity index is 823. The summed E-state index contributed by atoms with van der Waals surface area (Å²) in [4.78, 5) is 16.6. The number of imidazole rings is 1. The molecule has 0 aliphatic rings. The number of carbonyl (C=O) groups is 1. The topological polar surface area (TPSA) is 72.2 Å². The van der Waals surface area contributed by atoms with Crippen molar-refractivity contribution in [2.24, 2.45) is 0 Å². The van der Waals surface area contributed by atoms with Crippen LogP contribution in [0.15, 0.2) is 24.5 Å². The summed E-state index contributed by atoms with van der Waals surface area (Å²) in [6.07, 6.45) is 7.98. The first-order chi connectivity index (χ1) is 11.2. The molecule has 0 unspecified atom stereocenters. The highest BCUT2D eigenvalue weighted by Crippen LogP contribution is 2.18. The van der Waals surface area contributed by atoms with Crippen LogP contribution in [0.4, 0.5) is 5.13 Å². The van der Waals surface area contributed by atoms with Crippen molar-refractivity contribution in [1.29, 1.82) is 0 Å². The molecule has 0 saturated heterocycles. The van der Waals surface area contributed by atoms with Crippen molar-refractivity contribution in [3.05, 3.63) is 40.8 Å². The summed E-state index contributed by atoms with van der Waals surface area (Å²) in [6, 6.07) is 3.91. The van der Waals surface area contributed by atoms with E-state index in [0.717, 1.165) is 29.1 Å². The van der Waals surface area contributed by atoms with E-state index in [1.54, 1.807) is 6.20 Å². The van der Waals surface area contributed by atoms with Crippen LogP contribution in [-0.2, 0) is 6.42 Å². The summed E-state index contributed by atoms with van der Waals surface area (Å²) in [7, 11) is 0. The summed E-state index contributed by atoms with van der Waals surface area (Å²) >= 11 is 1.43. The first-order valence-corrected chi connectivity index (χ1v) is 8.56. The van der Waals surface area contributed by atoms with Crippen LogP contribution in [-0.4, -0.2) is 25.5 Å². The second kappa shape index (κ2) is 6.87. The van der Waals surface area contributed by atoms with E-state index in [9.17, 15) is 4.79 Å². The van der Waals surface area contributed by atoms with E-state index < -0.39 is 0 Å². The Morgan fingerprint density at radius 2 is 2.22 bits per heavy atom. The van der Waals surface area contributed by atoms with Gasteiger partial charge in [0.15, 0.2) is 0 Å². The Hall–Kier alpha value is -2.28. The molecule has 23 heavy (non-hydrogen) atoms. The van der Waals surface area contributed by atoms with Gasteiger partial charge in [-0.25, -0.2) is 4.98 Å². The van der Waals surface area contributed by atoms with Gasteiger partial charge >= 0.3 is 0 Å². The minimum Gasteiger partial charge on any atom is -0.306 e. The van der Waals surface area contributed by atoms with E-state index in [1.807, 2.05) is 29.7 Å². The van der Waals surface area contributed by atoms with Crippen molar-refractivity contribution < 1.29 is 4.79 Å². The van der Waals surface area contributed by atoms with Crippen LogP contribution >= 0.6 is 11.3 Å². The smallest absolute Gasteiger partial charge is 0.277 e. The van der Waals surface area contributed by atoms with Gasteiger partial charge in [0.25, 0.3) is 5.91 Å².